The summed E-state index contributed by atoms with van der Waals surface area (Å²) in [5.74, 6) is 0.304. The first kappa shape index (κ1) is 19.9. The first-order valence-corrected chi connectivity index (χ1v) is 9.66. The summed E-state index contributed by atoms with van der Waals surface area (Å²) in [7, 11) is 0. The lowest BCUT2D eigenvalue weighted by molar-refractivity contribution is -0.286. The number of aromatic nitrogens is 4. The molecule has 2 aromatic heterocycles. The van der Waals surface area contributed by atoms with E-state index in [0.29, 0.717) is 34.5 Å². The largest absolute Gasteiger partial charge is 0.397 e. The Hall–Kier alpha value is -1.87. The van der Waals surface area contributed by atoms with Gasteiger partial charge in [-0.1, -0.05) is 12.1 Å². The van der Waals surface area contributed by atoms with Gasteiger partial charge in [0.1, 0.15) is 9.85 Å². The lowest BCUT2D eigenvalue weighted by atomic mass is 10.2. The molecule has 0 amide bonds. The molecule has 0 spiro atoms. The van der Waals surface area contributed by atoms with Crippen molar-refractivity contribution in [1.29, 1.82) is 0 Å². The number of fused-ring (bicyclic) bond motifs is 1. The molecule has 2 heterocycles. The van der Waals surface area contributed by atoms with Crippen LogP contribution in [0.4, 0.5) is 21.7 Å². The summed E-state index contributed by atoms with van der Waals surface area (Å²) in [5.41, 5.74) is 7.73. The van der Waals surface area contributed by atoms with Crippen LogP contribution in [0.5, 0.6) is 0 Å². The Labute approximate surface area is 172 Å². The summed E-state index contributed by atoms with van der Waals surface area (Å²) < 4.78 is 10.5. The molecule has 1 atom stereocenters. The quantitative estimate of drug-likeness (QED) is 0.0420. The van der Waals surface area contributed by atoms with E-state index in [1.54, 1.807) is 24.3 Å². The standard InChI is InChI=1S/C12H9BrClFN8O2S2/c13-12(22(14)15,27-23(24)25)26-11-20-9-8(17-5-18-9)10(21-11)19-7-4-2-1-3-6(7)16/h1-5H,16H2,(H2,17,18,19,20,21). The number of imidazole rings is 1. The van der Waals surface area contributed by atoms with Crippen molar-refractivity contribution in [2.45, 2.75) is 8.27 Å². The summed E-state index contributed by atoms with van der Waals surface area (Å²) in [6, 6.07) is 7.00. The maximum atomic E-state index is 13.6. The predicted octanol–water partition coefficient (Wildman–Crippen LogP) is 4.04. The van der Waals surface area contributed by atoms with Crippen LogP contribution >= 0.6 is 51.4 Å². The van der Waals surface area contributed by atoms with Gasteiger partial charge in [0.05, 0.1) is 17.7 Å². The minimum absolute atomic E-state index is 0.00326. The first-order chi connectivity index (χ1) is 12.8. The van der Waals surface area contributed by atoms with Crippen LogP contribution in [-0.2, 0) is 0 Å². The minimum Gasteiger partial charge on any atom is -0.397 e. The Morgan fingerprint density at radius 1 is 1.44 bits per heavy atom. The number of para-hydroxylation sites is 2. The Morgan fingerprint density at radius 2 is 2.19 bits per heavy atom. The maximum absolute atomic E-state index is 13.6. The number of nitro groups is 1. The molecule has 4 N–H and O–H groups in total. The van der Waals surface area contributed by atoms with E-state index in [-0.39, 0.29) is 27.4 Å². The van der Waals surface area contributed by atoms with Crippen LogP contribution in [0.1, 0.15) is 0 Å². The van der Waals surface area contributed by atoms with Crippen molar-refractivity contribution < 1.29 is 8.81 Å². The molecule has 15 heteroatoms. The number of nitrogens with one attached hydrogen (secondary N) is 2. The van der Waals surface area contributed by atoms with Crippen LogP contribution in [0.25, 0.3) is 11.2 Å². The van der Waals surface area contributed by atoms with Crippen LogP contribution in [-0.4, -0.2) is 32.0 Å². The number of nitrogens with two attached hydrogens (primary N) is 1. The van der Waals surface area contributed by atoms with Crippen molar-refractivity contribution in [2.75, 3.05) is 11.1 Å². The minimum atomic E-state index is -1.99. The zero-order valence-corrected chi connectivity index (χ0v) is 16.9. The highest BCUT2D eigenvalue weighted by atomic mass is 79.9. The third-order valence-corrected chi connectivity index (χ3v) is 6.76. The van der Waals surface area contributed by atoms with E-state index in [1.165, 1.54) is 6.33 Å². The molecule has 0 saturated heterocycles. The van der Waals surface area contributed by atoms with E-state index >= 15 is 0 Å². The Bertz CT molecular complexity index is 995. The number of nitrogens with zero attached hydrogens (tertiary/aromatic N) is 5. The van der Waals surface area contributed by atoms with Gasteiger partial charge in [-0.3, -0.25) is 10.1 Å². The van der Waals surface area contributed by atoms with E-state index in [0.717, 1.165) is 0 Å². The average molecular weight is 496 g/mol. The summed E-state index contributed by atoms with van der Waals surface area (Å²) in [5, 5.41) is 13.8. The van der Waals surface area contributed by atoms with Crippen LogP contribution in [0.2, 0.25) is 0 Å². The first-order valence-electron chi connectivity index (χ1n) is 6.94. The van der Waals surface area contributed by atoms with Crippen LogP contribution < -0.4 is 11.1 Å². The molecule has 0 radical (unpaired) electrons. The van der Waals surface area contributed by atoms with Crippen molar-refractivity contribution in [1.82, 2.24) is 24.6 Å². The topological polar surface area (TPSA) is 139 Å². The fourth-order valence-electron chi connectivity index (χ4n) is 1.98. The van der Waals surface area contributed by atoms with Crippen molar-refractivity contribution >= 4 is 79.8 Å². The molecule has 0 aliphatic rings. The van der Waals surface area contributed by atoms with E-state index < -0.39 is 7.44 Å². The number of alkyl halides is 1. The second kappa shape index (κ2) is 8.02. The number of rotatable bonds is 7. The molecule has 142 valence electrons. The number of benzene rings is 1. The molecule has 1 aromatic carbocycles. The highest BCUT2D eigenvalue weighted by molar-refractivity contribution is 9.13. The zero-order chi connectivity index (χ0) is 19.6. The third-order valence-electron chi connectivity index (χ3n) is 3.09. The second-order valence-corrected chi connectivity index (χ2v) is 9.81. The van der Waals surface area contributed by atoms with Gasteiger partial charge < -0.3 is 16.0 Å². The van der Waals surface area contributed by atoms with Crippen molar-refractivity contribution in [3.8, 4) is 0 Å². The Balaban J connectivity index is 2.00. The number of H-pyrrole nitrogens is 1. The van der Waals surface area contributed by atoms with Crippen LogP contribution in [0, 0.1) is 10.1 Å². The summed E-state index contributed by atoms with van der Waals surface area (Å²) in [6.07, 6.45) is 1.41. The Kier molecular flexibility index (Phi) is 5.90. The lowest BCUT2D eigenvalue weighted by Gasteiger charge is -2.20. The van der Waals surface area contributed by atoms with E-state index in [9.17, 15) is 14.6 Å². The highest BCUT2D eigenvalue weighted by Crippen LogP contribution is 2.50. The van der Waals surface area contributed by atoms with Crippen molar-refractivity contribution in [3.05, 3.63) is 40.7 Å². The molecule has 0 bridgehead atoms. The van der Waals surface area contributed by atoms with Gasteiger partial charge in [0, 0.05) is 11.8 Å². The fourth-order valence-corrected chi connectivity index (χ4v) is 4.33. The lowest BCUT2D eigenvalue weighted by Crippen LogP contribution is -2.26. The SMILES string of the molecule is Nc1ccccc1Nc1nc(SC(Br)(S[N+](=O)[O-])N(F)Cl)nc2nc[nH]c12. The normalized spacial score (nSPS) is 13.6. The van der Waals surface area contributed by atoms with E-state index in [4.69, 9.17) is 17.5 Å². The third kappa shape index (κ3) is 4.52. The van der Waals surface area contributed by atoms with Gasteiger partial charge in [-0.05, 0) is 44.5 Å². The van der Waals surface area contributed by atoms with E-state index in [2.05, 4.69) is 41.2 Å². The fraction of sp³-hybridized carbons (Fsp3) is 0.0833. The molecule has 0 aliphatic heterocycles. The molecular formula is C12H9BrClFN8O2S2. The number of halogens is 3. The molecule has 0 saturated carbocycles. The van der Waals surface area contributed by atoms with Gasteiger partial charge in [-0.25, -0.2) is 15.0 Å². The van der Waals surface area contributed by atoms with Gasteiger partial charge in [0.25, 0.3) is 15.1 Å². The molecule has 3 aromatic rings. The summed E-state index contributed by atoms with van der Waals surface area (Å²) >= 11 is 8.81. The summed E-state index contributed by atoms with van der Waals surface area (Å²) in [6.45, 7) is 0. The predicted molar refractivity (Wildman–Crippen MR) is 107 cm³/mol. The van der Waals surface area contributed by atoms with Gasteiger partial charge in [-0.2, -0.15) is 0 Å². The average Bonchev–Trinajstić information content (AvgIpc) is 3.04. The van der Waals surface area contributed by atoms with Gasteiger partial charge >= 0.3 is 0 Å². The van der Waals surface area contributed by atoms with Crippen molar-refractivity contribution in [2.24, 2.45) is 0 Å². The number of aromatic amines is 1. The molecule has 10 nitrogen and oxygen atoms in total. The van der Waals surface area contributed by atoms with Gasteiger partial charge in [0.2, 0.25) is 0 Å². The molecule has 0 fully saturated rings. The van der Waals surface area contributed by atoms with Crippen LogP contribution in [0.15, 0.2) is 35.7 Å². The second-order valence-electron chi connectivity index (χ2n) is 4.82. The number of hydrogen-bond acceptors (Lipinski definition) is 10. The summed E-state index contributed by atoms with van der Waals surface area (Å²) in [4.78, 5) is 26.2. The molecule has 27 heavy (non-hydrogen) atoms. The number of thioether (sulfide) groups is 1. The number of nitrogen functional groups attached to an aromatic ring is 1. The molecule has 0 aliphatic carbocycles. The van der Waals surface area contributed by atoms with E-state index in [1.807, 2.05) is 0 Å². The highest BCUT2D eigenvalue weighted by Gasteiger charge is 2.46. The number of anilines is 3. The maximum Gasteiger partial charge on any atom is 0.289 e. The molecular weight excluding hydrogens is 487 g/mol. The van der Waals surface area contributed by atoms with Crippen LogP contribution in [0.3, 0.4) is 0 Å². The molecule has 1 unspecified atom stereocenters. The Morgan fingerprint density at radius 3 is 2.85 bits per heavy atom. The molecule has 3 rings (SSSR count). The van der Waals surface area contributed by atoms with Crippen molar-refractivity contribution in [3.63, 3.8) is 0 Å². The zero-order valence-electron chi connectivity index (χ0n) is 13.0. The monoisotopic (exact) mass is 494 g/mol. The number of hydrogen-bond donors (Lipinski definition) is 3. The smallest absolute Gasteiger partial charge is 0.289 e. The van der Waals surface area contributed by atoms with Gasteiger partial charge in [0.15, 0.2) is 16.6 Å². The van der Waals surface area contributed by atoms with Gasteiger partial charge in [-0.15, -0.1) is 4.48 Å².